The predicted octanol–water partition coefficient (Wildman–Crippen LogP) is 2.62. The minimum Gasteiger partial charge on any atom is -0.434 e. The molecule has 0 aromatic heterocycles. The molecule has 0 bridgehead atoms. The van der Waals surface area contributed by atoms with E-state index in [0.29, 0.717) is 30.8 Å². The van der Waals surface area contributed by atoms with E-state index < -0.39 is 6.16 Å². The first-order valence-electron chi connectivity index (χ1n) is 9.03. The fourth-order valence-corrected chi connectivity index (χ4v) is 2.47. The number of hydrogen-bond donors (Lipinski definition) is 2. The summed E-state index contributed by atoms with van der Waals surface area (Å²) in [7, 11) is 0. The van der Waals surface area contributed by atoms with E-state index in [4.69, 9.17) is 4.74 Å². The quantitative estimate of drug-likeness (QED) is 0.415. The van der Waals surface area contributed by atoms with Crippen LogP contribution in [0.25, 0.3) is 0 Å². The molecule has 2 aromatic carbocycles. The van der Waals surface area contributed by atoms with Crippen molar-refractivity contribution in [3.8, 4) is 5.75 Å². The number of carbonyl (C=O) groups excluding carboxylic acids is 3. The van der Waals surface area contributed by atoms with E-state index in [1.54, 1.807) is 19.1 Å². The van der Waals surface area contributed by atoms with Crippen molar-refractivity contribution in [1.29, 1.82) is 0 Å². The molecule has 2 amide bonds. The molecular weight excluding hydrogens is 360 g/mol. The molecule has 0 aliphatic rings. The molecule has 2 aromatic rings. The van der Waals surface area contributed by atoms with Gasteiger partial charge in [0, 0.05) is 18.7 Å². The molecule has 0 unspecified atom stereocenters. The lowest BCUT2D eigenvalue weighted by Crippen LogP contribution is -2.35. The summed E-state index contributed by atoms with van der Waals surface area (Å²) < 4.78 is 9.61. The smallest absolute Gasteiger partial charge is 0.434 e. The number of rotatable bonds is 8. The Morgan fingerprint density at radius 1 is 0.964 bits per heavy atom. The summed E-state index contributed by atoms with van der Waals surface area (Å²) in [6.45, 7) is 4.52. The van der Waals surface area contributed by atoms with E-state index in [1.807, 2.05) is 31.2 Å². The van der Waals surface area contributed by atoms with Crippen LogP contribution >= 0.6 is 0 Å². The summed E-state index contributed by atoms with van der Waals surface area (Å²) in [6.07, 6.45) is -0.488. The Labute approximate surface area is 164 Å². The molecular formula is C21H24N2O5. The van der Waals surface area contributed by atoms with Crippen molar-refractivity contribution >= 4 is 18.0 Å². The number of aryl methyl sites for hydroxylation is 1. The summed E-state index contributed by atoms with van der Waals surface area (Å²) in [6, 6.07) is 13.9. The number of nitrogens with one attached hydrogen (secondary N) is 2. The zero-order valence-electron chi connectivity index (χ0n) is 16.0. The van der Waals surface area contributed by atoms with Gasteiger partial charge >= 0.3 is 6.16 Å². The van der Waals surface area contributed by atoms with Gasteiger partial charge in [0.1, 0.15) is 5.75 Å². The second-order valence-electron chi connectivity index (χ2n) is 6.08. The average molecular weight is 384 g/mol. The van der Waals surface area contributed by atoms with Crippen LogP contribution in [0.15, 0.2) is 48.5 Å². The first kappa shape index (κ1) is 21.0. The summed E-state index contributed by atoms with van der Waals surface area (Å²) in [5.41, 5.74) is 2.48. The van der Waals surface area contributed by atoms with Gasteiger partial charge in [-0.3, -0.25) is 9.59 Å². The van der Waals surface area contributed by atoms with E-state index in [0.717, 1.165) is 11.1 Å². The van der Waals surface area contributed by atoms with Crippen molar-refractivity contribution < 1.29 is 23.9 Å². The van der Waals surface area contributed by atoms with Crippen LogP contribution in [0.4, 0.5) is 4.79 Å². The highest BCUT2D eigenvalue weighted by atomic mass is 16.7. The van der Waals surface area contributed by atoms with Crippen molar-refractivity contribution in [1.82, 2.24) is 10.6 Å². The second-order valence-corrected chi connectivity index (χ2v) is 6.08. The number of amides is 2. The topological polar surface area (TPSA) is 93.7 Å². The van der Waals surface area contributed by atoms with Gasteiger partial charge in [0.2, 0.25) is 5.91 Å². The monoisotopic (exact) mass is 384 g/mol. The Bertz CT molecular complexity index is 818. The highest BCUT2D eigenvalue weighted by Gasteiger charge is 2.08. The maximum absolute atomic E-state index is 12.1. The van der Waals surface area contributed by atoms with E-state index in [9.17, 15) is 14.4 Å². The fraction of sp³-hybridized carbons (Fsp3) is 0.286. The molecule has 28 heavy (non-hydrogen) atoms. The first-order valence-corrected chi connectivity index (χ1v) is 9.03. The highest BCUT2D eigenvalue weighted by molar-refractivity contribution is 5.94. The molecule has 0 radical (unpaired) electrons. The van der Waals surface area contributed by atoms with Gasteiger partial charge in [-0.25, -0.2) is 4.79 Å². The van der Waals surface area contributed by atoms with Crippen molar-refractivity contribution in [2.45, 2.75) is 20.3 Å². The van der Waals surface area contributed by atoms with Crippen LogP contribution in [0.2, 0.25) is 0 Å². The van der Waals surface area contributed by atoms with E-state index >= 15 is 0 Å². The van der Waals surface area contributed by atoms with Crippen LogP contribution in [0.1, 0.15) is 28.4 Å². The van der Waals surface area contributed by atoms with Gasteiger partial charge in [0.25, 0.3) is 5.91 Å². The molecule has 0 aliphatic heterocycles. The third-order valence-corrected chi connectivity index (χ3v) is 3.76. The van der Waals surface area contributed by atoms with Gasteiger partial charge in [-0.05, 0) is 43.7 Å². The first-order chi connectivity index (χ1) is 13.5. The van der Waals surface area contributed by atoms with Crippen LogP contribution in [0, 0.1) is 6.92 Å². The molecule has 7 heteroatoms. The van der Waals surface area contributed by atoms with Gasteiger partial charge in [-0.1, -0.05) is 29.8 Å². The van der Waals surface area contributed by atoms with Gasteiger partial charge in [-0.15, -0.1) is 0 Å². The SMILES string of the molecule is CCOC(=O)Oc1ccc(C(=O)NCCNC(=O)Cc2cccc(C)c2)cc1. The van der Waals surface area contributed by atoms with Gasteiger partial charge in [0.05, 0.1) is 13.0 Å². The second kappa shape index (κ2) is 10.7. The average Bonchev–Trinajstić information content (AvgIpc) is 2.66. The molecule has 148 valence electrons. The van der Waals surface area contributed by atoms with Gasteiger partial charge in [-0.2, -0.15) is 0 Å². The molecule has 0 saturated carbocycles. The van der Waals surface area contributed by atoms with Crippen LogP contribution in [0.3, 0.4) is 0 Å². The van der Waals surface area contributed by atoms with Crippen LogP contribution < -0.4 is 15.4 Å². The Kier molecular flexibility index (Phi) is 8.02. The lowest BCUT2D eigenvalue weighted by molar-refractivity contribution is -0.120. The molecule has 2 rings (SSSR count). The molecule has 7 nitrogen and oxygen atoms in total. The minimum atomic E-state index is -0.791. The number of hydrogen-bond acceptors (Lipinski definition) is 5. The molecule has 0 saturated heterocycles. The number of carbonyl (C=O) groups is 3. The Morgan fingerprint density at radius 2 is 1.68 bits per heavy atom. The van der Waals surface area contributed by atoms with Crippen LogP contribution in [-0.4, -0.2) is 37.7 Å². The molecule has 0 heterocycles. The van der Waals surface area contributed by atoms with E-state index in [1.165, 1.54) is 12.1 Å². The predicted molar refractivity (Wildman–Crippen MR) is 104 cm³/mol. The van der Waals surface area contributed by atoms with Crippen molar-refractivity contribution in [3.63, 3.8) is 0 Å². The lowest BCUT2D eigenvalue weighted by atomic mass is 10.1. The number of ether oxygens (including phenoxy) is 2. The molecule has 0 aliphatic carbocycles. The molecule has 0 fully saturated rings. The third kappa shape index (κ3) is 7.11. The Hall–Kier alpha value is -3.35. The highest BCUT2D eigenvalue weighted by Crippen LogP contribution is 2.13. The van der Waals surface area contributed by atoms with E-state index in [-0.39, 0.29) is 18.4 Å². The summed E-state index contributed by atoms with van der Waals surface area (Å²) >= 11 is 0. The zero-order chi connectivity index (χ0) is 20.4. The lowest BCUT2D eigenvalue weighted by Gasteiger charge is -2.08. The molecule has 2 N–H and O–H groups in total. The van der Waals surface area contributed by atoms with E-state index in [2.05, 4.69) is 15.4 Å². The van der Waals surface area contributed by atoms with Crippen LogP contribution in [-0.2, 0) is 16.0 Å². The van der Waals surface area contributed by atoms with Gasteiger partial charge < -0.3 is 20.1 Å². The zero-order valence-corrected chi connectivity index (χ0v) is 16.0. The third-order valence-electron chi connectivity index (χ3n) is 3.76. The maximum Gasteiger partial charge on any atom is 0.513 e. The molecule has 0 atom stereocenters. The standard InChI is InChI=1S/C21H24N2O5/c1-3-27-21(26)28-18-9-7-17(8-10-18)20(25)23-12-11-22-19(24)14-16-6-4-5-15(2)13-16/h4-10,13H,3,11-12,14H2,1-2H3,(H,22,24)(H,23,25). The van der Waals surface area contributed by atoms with Gasteiger partial charge in [0.15, 0.2) is 0 Å². The normalized spacial score (nSPS) is 10.1. The maximum atomic E-state index is 12.1. The van der Waals surface area contributed by atoms with Crippen molar-refractivity contribution in [3.05, 3.63) is 65.2 Å². The minimum absolute atomic E-state index is 0.0969. The summed E-state index contributed by atoms with van der Waals surface area (Å²) in [5.74, 6) is -0.0886. The Balaban J connectivity index is 1.70. The van der Waals surface area contributed by atoms with Crippen molar-refractivity contribution in [2.24, 2.45) is 0 Å². The summed E-state index contributed by atoms with van der Waals surface area (Å²) in [5, 5.41) is 5.50. The number of benzene rings is 2. The largest absolute Gasteiger partial charge is 0.513 e. The van der Waals surface area contributed by atoms with Crippen LogP contribution in [0.5, 0.6) is 5.75 Å². The van der Waals surface area contributed by atoms with Crippen molar-refractivity contribution in [2.75, 3.05) is 19.7 Å². The fourth-order valence-electron chi connectivity index (χ4n) is 2.47. The summed E-state index contributed by atoms with van der Waals surface area (Å²) in [4.78, 5) is 35.3. The Morgan fingerprint density at radius 3 is 2.36 bits per heavy atom. The molecule has 0 spiro atoms.